The number of aryl methyl sites for hydroxylation is 2. The van der Waals surface area contributed by atoms with E-state index in [-0.39, 0.29) is 5.63 Å². The quantitative estimate of drug-likeness (QED) is 0.591. The minimum absolute atomic E-state index is 0.270. The van der Waals surface area contributed by atoms with Crippen molar-refractivity contribution in [1.29, 1.82) is 0 Å². The molecule has 0 spiro atoms. The Morgan fingerprint density at radius 1 is 1.06 bits per heavy atom. The summed E-state index contributed by atoms with van der Waals surface area (Å²) < 4.78 is 7.43. The molecule has 0 aliphatic rings. The van der Waals surface area contributed by atoms with E-state index in [1.54, 1.807) is 6.07 Å². The molecule has 0 saturated heterocycles. The molecule has 3 rings (SSSR count). The van der Waals surface area contributed by atoms with E-state index in [2.05, 4.69) is 0 Å². The van der Waals surface area contributed by atoms with Gasteiger partial charge in [0.15, 0.2) is 0 Å². The van der Waals surface area contributed by atoms with Crippen molar-refractivity contribution >= 4 is 16.6 Å². The van der Waals surface area contributed by atoms with Gasteiger partial charge >= 0.3 is 5.63 Å². The molecule has 0 fully saturated rings. The third kappa shape index (κ3) is 1.19. The molecule has 86 valence electrons. The van der Waals surface area contributed by atoms with Crippen molar-refractivity contribution in [2.45, 2.75) is 20.8 Å². The third-order valence-electron chi connectivity index (χ3n) is 3.52. The van der Waals surface area contributed by atoms with E-state index >= 15 is 0 Å². The summed E-state index contributed by atoms with van der Waals surface area (Å²) in [5.41, 5.74) is 4.62. The molecular weight excluding hydrogens is 214 g/mol. The summed E-state index contributed by atoms with van der Waals surface area (Å²) in [6.45, 7) is 6.07. The van der Waals surface area contributed by atoms with Crippen LogP contribution < -0.4 is 5.63 Å². The highest BCUT2D eigenvalue weighted by Crippen LogP contribution is 2.24. The first-order valence-corrected chi connectivity index (χ1v) is 5.61. The Labute approximate surface area is 98.3 Å². The second kappa shape index (κ2) is 3.23. The lowest BCUT2D eigenvalue weighted by Gasteiger charge is -2.03. The topological polar surface area (TPSA) is 34.6 Å². The molecule has 3 aromatic rings. The van der Waals surface area contributed by atoms with Gasteiger partial charge in [-0.3, -0.25) is 4.40 Å². The van der Waals surface area contributed by atoms with Gasteiger partial charge in [-0.2, -0.15) is 0 Å². The van der Waals surface area contributed by atoms with Crippen molar-refractivity contribution in [3.8, 4) is 0 Å². The minimum Gasteiger partial charge on any atom is -0.405 e. The Morgan fingerprint density at radius 3 is 2.53 bits per heavy atom. The van der Waals surface area contributed by atoms with Crippen LogP contribution in [0, 0.1) is 20.8 Å². The van der Waals surface area contributed by atoms with Crippen LogP contribution >= 0.6 is 0 Å². The zero-order valence-corrected chi connectivity index (χ0v) is 10.1. The number of benzene rings is 1. The van der Waals surface area contributed by atoms with E-state index in [0.717, 1.165) is 16.8 Å². The van der Waals surface area contributed by atoms with Gasteiger partial charge in [0, 0.05) is 11.3 Å². The van der Waals surface area contributed by atoms with Gasteiger partial charge in [0.05, 0.1) is 10.9 Å². The Bertz CT molecular complexity index is 793. The van der Waals surface area contributed by atoms with Crippen LogP contribution in [0.4, 0.5) is 0 Å². The van der Waals surface area contributed by atoms with Crippen molar-refractivity contribution in [3.63, 3.8) is 0 Å². The summed E-state index contributed by atoms with van der Waals surface area (Å²) in [5, 5.41) is 0.623. The summed E-state index contributed by atoms with van der Waals surface area (Å²) in [5.74, 6) is 0. The maximum absolute atomic E-state index is 11.9. The Morgan fingerprint density at radius 2 is 1.76 bits per heavy atom. The molecule has 2 aromatic heterocycles. The lowest BCUT2D eigenvalue weighted by Crippen LogP contribution is -2.04. The molecule has 1 aromatic carbocycles. The predicted molar refractivity (Wildman–Crippen MR) is 67.7 cm³/mol. The van der Waals surface area contributed by atoms with Crippen LogP contribution in [0.15, 0.2) is 33.5 Å². The summed E-state index contributed by atoms with van der Waals surface area (Å²) >= 11 is 0. The molecule has 0 N–H and O–H groups in total. The monoisotopic (exact) mass is 227 g/mol. The third-order valence-corrected chi connectivity index (χ3v) is 3.52. The van der Waals surface area contributed by atoms with Crippen LogP contribution in [-0.4, -0.2) is 4.40 Å². The van der Waals surface area contributed by atoms with Gasteiger partial charge in [0.1, 0.15) is 0 Å². The number of para-hydroxylation sites is 1. The second-order valence-electron chi connectivity index (χ2n) is 4.38. The standard InChI is InChI=1S/C14H13NO2/c1-8-9(2)13-15(10(8)3)12-7-5-4-6-11(12)14(16)17-13/h4-7H,1-3H3. The number of rotatable bonds is 0. The molecule has 0 aliphatic carbocycles. The first-order chi connectivity index (χ1) is 8.11. The van der Waals surface area contributed by atoms with Gasteiger partial charge in [-0.25, -0.2) is 4.79 Å². The molecule has 0 amide bonds. The van der Waals surface area contributed by atoms with Crippen molar-refractivity contribution in [2.75, 3.05) is 0 Å². The van der Waals surface area contributed by atoms with E-state index < -0.39 is 0 Å². The van der Waals surface area contributed by atoms with E-state index in [1.165, 1.54) is 5.56 Å². The molecule has 0 atom stereocenters. The molecular formula is C14H13NO2. The molecule has 17 heavy (non-hydrogen) atoms. The molecule has 0 saturated carbocycles. The first kappa shape index (κ1) is 10.1. The van der Waals surface area contributed by atoms with Crippen LogP contribution in [0.1, 0.15) is 16.8 Å². The number of nitrogens with zero attached hydrogens (tertiary/aromatic N) is 1. The molecule has 0 radical (unpaired) electrons. The normalized spacial score (nSPS) is 11.5. The molecule has 0 bridgehead atoms. The van der Waals surface area contributed by atoms with Crippen molar-refractivity contribution < 1.29 is 4.42 Å². The summed E-state index contributed by atoms with van der Waals surface area (Å²) in [7, 11) is 0. The summed E-state index contributed by atoms with van der Waals surface area (Å²) in [4.78, 5) is 11.9. The van der Waals surface area contributed by atoms with Gasteiger partial charge in [0.25, 0.3) is 0 Å². The zero-order chi connectivity index (χ0) is 12.2. The molecule has 3 heteroatoms. The molecule has 3 nitrogen and oxygen atoms in total. The highest BCUT2D eigenvalue weighted by Gasteiger charge is 2.14. The maximum Gasteiger partial charge on any atom is 0.346 e. The predicted octanol–water partition coefficient (Wildman–Crippen LogP) is 2.97. The SMILES string of the molecule is Cc1c(C)c2oc(=O)c3ccccc3n2c1C. The van der Waals surface area contributed by atoms with Gasteiger partial charge < -0.3 is 4.42 Å². The fourth-order valence-electron chi connectivity index (χ4n) is 2.32. The summed E-state index contributed by atoms with van der Waals surface area (Å²) in [6, 6.07) is 7.53. The Kier molecular flexibility index (Phi) is 1.93. The Balaban J connectivity index is 2.74. The molecule has 0 unspecified atom stereocenters. The van der Waals surface area contributed by atoms with Crippen LogP contribution in [-0.2, 0) is 0 Å². The average Bonchev–Trinajstić information content (AvgIpc) is 2.55. The maximum atomic E-state index is 11.9. The van der Waals surface area contributed by atoms with Gasteiger partial charge in [-0.15, -0.1) is 0 Å². The highest BCUT2D eigenvalue weighted by atomic mass is 16.4. The highest BCUT2D eigenvalue weighted by molar-refractivity contribution is 5.81. The van der Waals surface area contributed by atoms with Gasteiger partial charge in [-0.1, -0.05) is 12.1 Å². The van der Waals surface area contributed by atoms with Crippen LogP contribution in [0.25, 0.3) is 16.6 Å². The van der Waals surface area contributed by atoms with Crippen LogP contribution in [0.2, 0.25) is 0 Å². The van der Waals surface area contributed by atoms with Gasteiger partial charge in [0.2, 0.25) is 5.71 Å². The van der Waals surface area contributed by atoms with Crippen LogP contribution in [0.3, 0.4) is 0 Å². The zero-order valence-electron chi connectivity index (χ0n) is 10.1. The second-order valence-corrected chi connectivity index (χ2v) is 4.38. The number of fused-ring (bicyclic) bond motifs is 3. The average molecular weight is 227 g/mol. The van der Waals surface area contributed by atoms with E-state index in [4.69, 9.17) is 4.42 Å². The van der Waals surface area contributed by atoms with E-state index in [0.29, 0.717) is 11.1 Å². The van der Waals surface area contributed by atoms with Crippen molar-refractivity contribution in [2.24, 2.45) is 0 Å². The van der Waals surface area contributed by atoms with E-state index in [1.807, 2.05) is 43.4 Å². The van der Waals surface area contributed by atoms with Crippen LogP contribution in [0.5, 0.6) is 0 Å². The largest absolute Gasteiger partial charge is 0.405 e. The molecule has 0 aliphatic heterocycles. The number of aromatic nitrogens is 1. The van der Waals surface area contributed by atoms with Crippen molar-refractivity contribution in [1.82, 2.24) is 4.40 Å². The fraction of sp³-hybridized carbons (Fsp3) is 0.214. The summed E-state index contributed by atoms with van der Waals surface area (Å²) in [6.07, 6.45) is 0. The lowest BCUT2D eigenvalue weighted by molar-refractivity contribution is 0.545. The first-order valence-electron chi connectivity index (χ1n) is 5.61. The number of hydrogen-bond acceptors (Lipinski definition) is 2. The lowest BCUT2D eigenvalue weighted by atomic mass is 10.2. The smallest absolute Gasteiger partial charge is 0.346 e. The van der Waals surface area contributed by atoms with Crippen molar-refractivity contribution in [3.05, 3.63) is 51.5 Å². The van der Waals surface area contributed by atoms with Gasteiger partial charge in [-0.05, 0) is 38.5 Å². The Hall–Kier alpha value is -2.03. The number of hydrogen-bond donors (Lipinski definition) is 0. The van der Waals surface area contributed by atoms with E-state index in [9.17, 15) is 4.79 Å². The minimum atomic E-state index is -0.270. The fourth-order valence-corrected chi connectivity index (χ4v) is 2.32. The molecule has 2 heterocycles.